The summed E-state index contributed by atoms with van der Waals surface area (Å²) in [5, 5.41) is 91.9. The van der Waals surface area contributed by atoms with Crippen molar-refractivity contribution >= 4 is 47.9 Å². The number of hydrogen-bond acceptors (Lipinski definition) is 13. The third kappa shape index (κ3) is 33.4. The molecule has 0 amide bonds. The fourth-order valence-electron chi connectivity index (χ4n) is 1.43. The number of carboxylic acids is 7. The average Bonchev–Trinajstić information content (AvgIpc) is 2.59. The maximum absolute atomic E-state index is 10.3. The predicted molar refractivity (Wildman–Crippen MR) is 96.3 cm³/mol. The molecule has 0 bridgehead atoms. The van der Waals surface area contributed by atoms with E-state index in [4.69, 9.17) is 61.0 Å². The summed E-state index contributed by atoms with van der Waals surface area (Å²) in [5.41, 5.74) is -0.905. The van der Waals surface area contributed by atoms with Crippen molar-refractivity contribution in [2.45, 2.75) is 36.9 Å². The van der Waals surface area contributed by atoms with Gasteiger partial charge in [-0.2, -0.15) is 0 Å². The molecule has 0 aliphatic rings. The molecule has 11 N–H and O–H groups in total. The Bertz CT molecular complexity index is 710. The Kier molecular flexibility index (Phi) is 30.6. The Morgan fingerprint density at radius 2 is 0.649 bits per heavy atom. The molecule has 0 saturated carbocycles. The Labute approximate surface area is 249 Å². The number of rotatable bonds is 11. The first-order chi connectivity index (χ1) is 15.6. The van der Waals surface area contributed by atoms with E-state index in [0.29, 0.717) is 0 Å². The zero-order valence-electron chi connectivity index (χ0n) is 19.2. The zero-order chi connectivity index (χ0) is 29.2. The Morgan fingerprint density at radius 1 is 0.514 bits per heavy atom. The van der Waals surface area contributed by atoms with E-state index < -0.39 is 84.8 Å². The Morgan fingerprint density at radius 3 is 0.703 bits per heavy atom. The standard InChI is InChI=1S/2C6H8O7.C2H5NO2.CH2O3.2Na/c2*7-3(8)1-6(13,5(11)12)2-4(9)10;3-1-2(4)5;2-1(3)4;;/h2*13H,1-2H2,(H,7,8)(H,9,10)(H,11,12);1,3H2,(H,4,5);(H2,2,3,4);;/q;;;;2*+1/p-2. The van der Waals surface area contributed by atoms with Gasteiger partial charge in [-0.1, -0.05) is 0 Å². The molecule has 0 aromatic rings. The van der Waals surface area contributed by atoms with E-state index in [1.54, 1.807) is 0 Å². The SMILES string of the molecule is NCC(=O)O.O=C(O)CC(O)(CC(=O)O)C(=O)O.O=C(O)CC(O)(CC(=O)O)C(=O)O.O=C([O-])[O-].[Na+].[Na+]. The van der Waals surface area contributed by atoms with E-state index in [2.05, 4.69) is 5.73 Å². The zero-order valence-corrected chi connectivity index (χ0v) is 23.2. The van der Waals surface area contributed by atoms with Gasteiger partial charge in [0.15, 0.2) is 11.2 Å². The molecule has 0 spiro atoms. The van der Waals surface area contributed by atoms with Crippen LogP contribution in [0.1, 0.15) is 25.7 Å². The maximum atomic E-state index is 10.3. The van der Waals surface area contributed by atoms with Crippen molar-refractivity contribution in [1.29, 1.82) is 0 Å². The van der Waals surface area contributed by atoms with Crippen molar-refractivity contribution in [3.05, 3.63) is 0 Å². The molecule has 0 aliphatic heterocycles. The van der Waals surface area contributed by atoms with Crippen molar-refractivity contribution in [3.8, 4) is 0 Å². The van der Waals surface area contributed by atoms with Crippen molar-refractivity contribution in [2.24, 2.45) is 5.73 Å². The van der Waals surface area contributed by atoms with Crippen LogP contribution in [0.2, 0.25) is 0 Å². The van der Waals surface area contributed by atoms with Crippen molar-refractivity contribution in [3.63, 3.8) is 0 Å². The second-order valence-corrected chi connectivity index (χ2v) is 5.80. The number of nitrogens with two attached hydrogens (primary N) is 1. The molecular weight excluding hydrogens is 544 g/mol. The van der Waals surface area contributed by atoms with Gasteiger partial charge in [0, 0.05) is 0 Å². The minimum atomic E-state index is -2.74. The van der Waals surface area contributed by atoms with Gasteiger partial charge in [-0.05, 0) is 6.16 Å². The molecular formula is C15H21NNa2O19. The summed E-state index contributed by atoms with van der Waals surface area (Å²) in [6.07, 6.45) is -6.91. The topological polar surface area (TPSA) is 391 Å². The number of hydrogen-bond donors (Lipinski definition) is 10. The minimum Gasteiger partial charge on any atom is -0.652 e. The van der Waals surface area contributed by atoms with Crippen LogP contribution in [0.4, 0.5) is 4.79 Å². The third-order valence-corrected chi connectivity index (χ3v) is 2.75. The molecule has 0 unspecified atom stereocenters. The van der Waals surface area contributed by atoms with Crippen molar-refractivity contribution in [1.82, 2.24) is 0 Å². The summed E-state index contributed by atoms with van der Waals surface area (Å²) in [6, 6.07) is 0. The molecule has 0 fully saturated rings. The summed E-state index contributed by atoms with van der Waals surface area (Å²) in [5.74, 6) is -11.0. The van der Waals surface area contributed by atoms with Gasteiger partial charge in [0.05, 0.1) is 32.2 Å². The second kappa shape index (κ2) is 23.8. The number of carbonyl (C=O) groups excluding carboxylic acids is 1. The number of carboxylic acid groups (broad SMARTS) is 9. The quantitative estimate of drug-likeness (QED) is 0.104. The summed E-state index contributed by atoms with van der Waals surface area (Å²) in [7, 11) is 0. The van der Waals surface area contributed by atoms with E-state index in [1.165, 1.54) is 0 Å². The van der Waals surface area contributed by atoms with Crippen LogP contribution in [0.15, 0.2) is 0 Å². The molecule has 0 aromatic carbocycles. The van der Waals surface area contributed by atoms with Gasteiger partial charge in [0.2, 0.25) is 0 Å². The number of carbonyl (C=O) groups is 8. The average molecular weight is 565 g/mol. The summed E-state index contributed by atoms with van der Waals surface area (Å²) >= 11 is 0. The Balaban J connectivity index is -0.0000000942. The molecule has 0 radical (unpaired) electrons. The number of aliphatic hydroxyl groups is 2. The molecule has 202 valence electrons. The van der Waals surface area contributed by atoms with Crippen molar-refractivity contribution in [2.75, 3.05) is 6.54 Å². The van der Waals surface area contributed by atoms with Crippen LogP contribution >= 0.6 is 0 Å². The van der Waals surface area contributed by atoms with Gasteiger partial charge >= 0.3 is 101 Å². The van der Waals surface area contributed by atoms with Crippen LogP contribution in [0.5, 0.6) is 0 Å². The van der Waals surface area contributed by atoms with Crippen LogP contribution < -0.4 is 75.1 Å². The maximum Gasteiger partial charge on any atom is 1.00 e. The van der Waals surface area contributed by atoms with Crippen LogP contribution in [0, 0.1) is 0 Å². The summed E-state index contributed by atoms with van der Waals surface area (Å²) in [6.45, 7) is -0.278. The largest absolute Gasteiger partial charge is 1.00 e. The van der Waals surface area contributed by atoms with Crippen LogP contribution in [0.25, 0.3) is 0 Å². The molecule has 20 nitrogen and oxygen atoms in total. The first-order valence-corrected chi connectivity index (χ1v) is 8.14. The second-order valence-electron chi connectivity index (χ2n) is 5.80. The molecule has 0 rings (SSSR count). The van der Waals surface area contributed by atoms with Gasteiger partial charge in [0.25, 0.3) is 0 Å². The smallest absolute Gasteiger partial charge is 0.652 e. The van der Waals surface area contributed by atoms with E-state index >= 15 is 0 Å². The van der Waals surface area contributed by atoms with E-state index in [-0.39, 0.29) is 65.7 Å². The fourth-order valence-corrected chi connectivity index (χ4v) is 1.43. The van der Waals surface area contributed by atoms with Crippen LogP contribution in [-0.4, -0.2) is 112 Å². The fraction of sp³-hybridized carbons (Fsp3) is 0.467. The van der Waals surface area contributed by atoms with Crippen LogP contribution in [-0.2, 0) is 33.6 Å². The third-order valence-electron chi connectivity index (χ3n) is 2.75. The minimum absolute atomic E-state index is 0. The molecule has 37 heavy (non-hydrogen) atoms. The first kappa shape index (κ1) is 47.6. The molecule has 22 heteroatoms. The van der Waals surface area contributed by atoms with E-state index in [1.807, 2.05) is 0 Å². The molecule has 0 heterocycles. The molecule has 0 saturated heterocycles. The van der Waals surface area contributed by atoms with E-state index in [9.17, 15) is 33.6 Å². The Hall–Kier alpha value is -2.56. The first-order valence-electron chi connectivity index (χ1n) is 8.14. The van der Waals surface area contributed by atoms with Gasteiger partial charge < -0.3 is 66.7 Å². The van der Waals surface area contributed by atoms with Gasteiger partial charge in [0.1, 0.15) is 0 Å². The van der Waals surface area contributed by atoms with Gasteiger partial charge in [-0.3, -0.25) is 24.0 Å². The number of aliphatic carboxylic acids is 7. The normalized spacial score (nSPS) is 9.27. The summed E-state index contributed by atoms with van der Waals surface area (Å²) in [4.78, 5) is 78.5. The predicted octanol–water partition coefficient (Wildman–Crippen LogP) is -11.9. The van der Waals surface area contributed by atoms with E-state index in [0.717, 1.165) is 0 Å². The molecule has 0 atom stereocenters. The van der Waals surface area contributed by atoms with Crippen molar-refractivity contribution < 1.29 is 154 Å². The molecule has 0 aliphatic carbocycles. The monoisotopic (exact) mass is 565 g/mol. The molecule has 0 aromatic heterocycles. The summed E-state index contributed by atoms with van der Waals surface area (Å²) < 4.78 is 0. The van der Waals surface area contributed by atoms with Gasteiger partial charge in [-0.25, -0.2) is 9.59 Å². The van der Waals surface area contributed by atoms with Crippen LogP contribution in [0.3, 0.4) is 0 Å². The van der Waals surface area contributed by atoms with Gasteiger partial charge in [-0.15, -0.1) is 0 Å².